The molecule has 1 heterocycles. The zero-order valence-electron chi connectivity index (χ0n) is 10.1. The lowest BCUT2D eigenvalue weighted by molar-refractivity contribution is 0.101. The highest BCUT2D eigenvalue weighted by Gasteiger charge is 2.04. The Bertz CT molecular complexity index is 483. The maximum absolute atomic E-state index is 11.3. The van der Waals surface area contributed by atoms with Crippen molar-refractivity contribution in [1.29, 1.82) is 0 Å². The first-order valence-electron chi connectivity index (χ1n) is 5.23. The molecule has 96 valence electrons. The summed E-state index contributed by atoms with van der Waals surface area (Å²) in [6, 6.07) is 3.16. The average Bonchev–Trinajstić information content (AvgIpc) is 2.34. The smallest absolute Gasteiger partial charge is 0.404 e. The lowest BCUT2D eigenvalue weighted by Crippen LogP contribution is -2.20. The molecule has 0 spiro atoms. The minimum atomic E-state index is -1.09. The van der Waals surface area contributed by atoms with Crippen LogP contribution in [0, 0.1) is 0 Å². The zero-order valence-corrected chi connectivity index (χ0v) is 10.1. The van der Waals surface area contributed by atoms with Crippen LogP contribution in [0.2, 0.25) is 0 Å². The number of amides is 1. The van der Waals surface area contributed by atoms with Crippen LogP contribution >= 0.6 is 0 Å². The number of hydrogen-bond donors (Lipinski definition) is 2. The molecule has 2 N–H and O–H groups in total. The van der Waals surface area contributed by atoms with Gasteiger partial charge in [-0.2, -0.15) is 0 Å². The lowest BCUT2D eigenvalue weighted by Gasteiger charge is -2.03. The van der Waals surface area contributed by atoms with Gasteiger partial charge in [0.1, 0.15) is 0 Å². The molecule has 1 aromatic heterocycles. The van der Waals surface area contributed by atoms with Crippen molar-refractivity contribution in [2.24, 2.45) is 0 Å². The van der Waals surface area contributed by atoms with E-state index in [0.717, 1.165) is 0 Å². The number of Topliss-reactive ketones (excluding diaryl/α,β-unsaturated/α-hetero) is 1. The van der Waals surface area contributed by atoms with Gasteiger partial charge in [0.25, 0.3) is 0 Å². The Morgan fingerprint density at radius 3 is 2.78 bits per heavy atom. The van der Waals surface area contributed by atoms with Gasteiger partial charge in [0.15, 0.2) is 5.78 Å². The first-order valence-corrected chi connectivity index (χ1v) is 5.23. The van der Waals surface area contributed by atoms with E-state index >= 15 is 0 Å². The van der Waals surface area contributed by atoms with E-state index in [0.29, 0.717) is 17.1 Å². The third-order valence-electron chi connectivity index (χ3n) is 2.10. The number of rotatable bonds is 5. The number of ketones is 1. The van der Waals surface area contributed by atoms with Gasteiger partial charge in [-0.3, -0.25) is 4.79 Å². The Labute approximate surface area is 104 Å². The highest BCUT2D eigenvalue weighted by atomic mass is 16.5. The van der Waals surface area contributed by atoms with Gasteiger partial charge in [-0.25, -0.2) is 9.78 Å². The van der Waals surface area contributed by atoms with Crippen molar-refractivity contribution in [2.75, 3.05) is 13.7 Å². The summed E-state index contributed by atoms with van der Waals surface area (Å²) < 4.78 is 4.98. The number of pyridine rings is 1. The molecule has 6 nitrogen and oxygen atoms in total. The Hall–Kier alpha value is -2.37. The molecular formula is C12H14N2O4. The molecular weight excluding hydrogens is 236 g/mol. The molecule has 0 fully saturated rings. The zero-order chi connectivity index (χ0) is 13.5. The van der Waals surface area contributed by atoms with Gasteiger partial charge >= 0.3 is 6.09 Å². The SMILES string of the molecule is COc1cc(C(C)=O)cc(C=CCNC(=O)O)n1. The molecule has 0 saturated heterocycles. The first kappa shape index (κ1) is 13.7. The molecule has 18 heavy (non-hydrogen) atoms. The van der Waals surface area contributed by atoms with Crippen LogP contribution in [0.1, 0.15) is 23.0 Å². The van der Waals surface area contributed by atoms with Gasteiger partial charge in [0.05, 0.1) is 12.8 Å². The topological polar surface area (TPSA) is 88.5 Å². The predicted molar refractivity (Wildman–Crippen MR) is 65.9 cm³/mol. The Balaban J connectivity index is 2.84. The highest BCUT2D eigenvalue weighted by Crippen LogP contribution is 2.13. The quantitative estimate of drug-likeness (QED) is 0.774. The fourth-order valence-electron chi connectivity index (χ4n) is 1.24. The van der Waals surface area contributed by atoms with E-state index in [9.17, 15) is 9.59 Å². The van der Waals surface area contributed by atoms with Gasteiger partial charge in [0, 0.05) is 18.2 Å². The van der Waals surface area contributed by atoms with Crippen molar-refractivity contribution < 1.29 is 19.4 Å². The maximum atomic E-state index is 11.3. The van der Waals surface area contributed by atoms with Crippen LogP contribution in [0.25, 0.3) is 6.08 Å². The molecule has 0 aromatic carbocycles. The summed E-state index contributed by atoms with van der Waals surface area (Å²) in [4.78, 5) is 25.6. The monoisotopic (exact) mass is 250 g/mol. The van der Waals surface area contributed by atoms with Gasteiger partial charge in [-0.1, -0.05) is 6.08 Å². The lowest BCUT2D eigenvalue weighted by atomic mass is 10.1. The summed E-state index contributed by atoms with van der Waals surface area (Å²) in [5, 5.41) is 10.6. The summed E-state index contributed by atoms with van der Waals surface area (Å²) in [5.41, 5.74) is 1.03. The molecule has 0 saturated carbocycles. The molecule has 6 heteroatoms. The summed E-state index contributed by atoms with van der Waals surface area (Å²) >= 11 is 0. The molecule has 0 aliphatic heterocycles. The van der Waals surface area contributed by atoms with Crippen molar-refractivity contribution in [3.63, 3.8) is 0 Å². The van der Waals surface area contributed by atoms with Crippen LogP contribution in [0.5, 0.6) is 5.88 Å². The second-order valence-corrected chi connectivity index (χ2v) is 3.47. The molecule has 0 aliphatic carbocycles. The minimum absolute atomic E-state index is 0.0889. The standard InChI is InChI=1S/C12H14N2O4/c1-8(15)9-6-10(14-11(7-9)18-2)4-3-5-13-12(16)17/h3-4,6-7,13H,5H2,1-2H3,(H,16,17). The van der Waals surface area contributed by atoms with E-state index < -0.39 is 6.09 Å². The van der Waals surface area contributed by atoms with Crippen LogP contribution in [0.3, 0.4) is 0 Å². The van der Waals surface area contributed by atoms with Gasteiger partial charge in [-0.05, 0) is 19.1 Å². The van der Waals surface area contributed by atoms with Crippen molar-refractivity contribution >= 4 is 18.0 Å². The number of carboxylic acid groups (broad SMARTS) is 1. The molecule has 1 rings (SSSR count). The normalized spacial score (nSPS) is 10.3. The van der Waals surface area contributed by atoms with E-state index in [-0.39, 0.29) is 12.3 Å². The Kier molecular flexibility index (Phi) is 4.86. The third kappa shape index (κ3) is 4.25. The summed E-state index contributed by atoms with van der Waals surface area (Å²) in [6.45, 7) is 1.62. The fourth-order valence-corrected chi connectivity index (χ4v) is 1.24. The van der Waals surface area contributed by atoms with E-state index in [1.165, 1.54) is 14.0 Å². The number of aromatic nitrogens is 1. The van der Waals surface area contributed by atoms with Crippen LogP contribution in [0.4, 0.5) is 4.79 Å². The summed E-state index contributed by atoms with van der Waals surface area (Å²) in [7, 11) is 1.46. The molecule has 1 amide bonds. The highest BCUT2D eigenvalue weighted by molar-refractivity contribution is 5.94. The third-order valence-corrected chi connectivity index (χ3v) is 2.10. The molecule has 0 bridgehead atoms. The second kappa shape index (κ2) is 6.39. The van der Waals surface area contributed by atoms with E-state index in [2.05, 4.69) is 10.3 Å². The molecule has 0 radical (unpaired) electrons. The average molecular weight is 250 g/mol. The maximum Gasteiger partial charge on any atom is 0.404 e. The number of nitrogens with zero attached hydrogens (tertiary/aromatic N) is 1. The Morgan fingerprint density at radius 1 is 1.50 bits per heavy atom. The van der Waals surface area contributed by atoms with Crippen molar-refractivity contribution in [1.82, 2.24) is 10.3 Å². The first-order chi connectivity index (χ1) is 8.52. The fraction of sp³-hybridized carbons (Fsp3) is 0.250. The van der Waals surface area contributed by atoms with Crippen LogP contribution in [-0.2, 0) is 0 Å². The van der Waals surface area contributed by atoms with Crippen LogP contribution < -0.4 is 10.1 Å². The van der Waals surface area contributed by atoms with E-state index in [4.69, 9.17) is 9.84 Å². The molecule has 0 unspecified atom stereocenters. The molecule has 0 aliphatic rings. The van der Waals surface area contributed by atoms with Crippen molar-refractivity contribution in [3.8, 4) is 5.88 Å². The Morgan fingerprint density at radius 2 is 2.22 bits per heavy atom. The number of methoxy groups -OCH3 is 1. The molecule has 1 aromatic rings. The van der Waals surface area contributed by atoms with E-state index in [1.54, 1.807) is 24.3 Å². The number of carbonyl (C=O) groups is 2. The number of ether oxygens (including phenoxy) is 1. The number of nitrogens with one attached hydrogen (secondary N) is 1. The van der Waals surface area contributed by atoms with Gasteiger partial charge in [0.2, 0.25) is 5.88 Å². The molecule has 0 atom stereocenters. The van der Waals surface area contributed by atoms with Crippen molar-refractivity contribution in [3.05, 3.63) is 29.5 Å². The van der Waals surface area contributed by atoms with Crippen molar-refractivity contribution in [2.45, 2.75) is 6.92 Å². The largest absolute Gasteiger partial charge is 0.481 e. The van der Waals surface area contributed by atoms with E-state index in [1.807, 2.05) is 0 Å². The number of carbonyl (C=O) groups excluding carboxylic acids is 1. The summed E-state index contributed by atoms with van der Waals surface area (Å²) in [5.74, 6) is 0.252. The number of hydrogen-bond acceptors (Lipinski definition) is 4. The van der Waals surface area contributed by atoms with Gasteiger partial charge < -0.3 is 15.2 Å². The second-order valence-electron chi connectivity index (χ2n) is 3.47. The van der Waals surface area contributed by atoms with Crippen LogP contribution in [-0.4, -0.2) is 35.6 Å². The van der Waals surface area contributed by atoms with Gasteiger partial charge in [-0.15, -0.1) is 0 Å². The summed E-state index contributed by atoms with van der Waals surface area (Å²) in [6.07, 6.45) is 2.12. The minimum Gasteiger partial charge on any atom is -0.481 e. The van der Waals surface area contributed by atoms with Crippen LogP contribution in [0.15, 0.2) is 18.2 Å². The predicted octanol–water partition coefficient (Wildman–Crippen LogP) is 1.57.